The van der Waals surface area contributed by atoms with Crippen molar-refractivity contribution in [2.24, 2.45) is 0 Å². The fraction of sp³-hybridized carbons (Fsp3) is 0.729. The van der Waals surface area contributed by atoms with Gasteiger partial charge in [0.25, 0.3) is 0 Å². The molecule has 0 aromatic carbocycles. The first kappa shape index (κ1) is 54.9. The maximum atomic E-state index is 12.7. The molecule has 0 amide bonds. The summed E-state index contributed by atoms with van der Waals surface area (Å²) in [4.78, 5) is 22.9. The van der Waals surface area contributed by atoms with Crippen molar-refractivity contribution >= 4 is 13.8 Å². The zero-order chi connectivity index (χ0) is 42.0. The van der Waals surface area contributed by atoms with Crippen molar-refractivity contribution in [1.29, 1.82) is 0 Å². The van der Waals surface area contributed by atoms with Gasteiger partial charge in [-0.15, -0.1) is 0 Å². The summed E-state index contributed by atoms with van der Waals surface area (Å²) in [5.74, 6) is -0.395. The van der Waals surface area contributed by atoms with E-state index in [4.69, 9.17) is 18.5 Å². The van der Waals surface area contributed by atoms with Crippen LogP contribution in [0.2, 0.25) is 0 Å². The topological polar surface area (TPSA) is 91.3 Å². The summed E-state index contributed by atoms with van der Waals surface area (Å²) in [6.45, 7) is 5.41. The molecule has 0 aliphatic carbocycles. The lowest BCUT2D eigenvalue weighted by Gasteiger charge is -2.24. The molecule has 0 fully saturated rings. The van der Waals surface area contributed by atoms with Gasteiger partial charge >= 0.3 is 13.8 Å². The standard InChI is InChI=1S/C48H86NO7P/c1-6-8-10-12-14-16-18-20-22-24-25-26-27-29-31-33-35-37-39-41-48(50)56-47(46-55-57(51,52)54-44-42-49(3,4)5)45-53-43-40-38-36-34-32-30-28-23-21-19-17-15-13-11-9-7-2/h8,10,14,16,20,22,25-26,29,31,35,37,47H,6-7,9,11-13,15,17-19,21,23-24,27-28,30,32-34,36,38-46H2,1-5H3/p+1/b10-8-,16-14-,22-20-,26-25-,31-29-,37-35-. The highest BCUT2D eigenvalue weighted by molar-refractivity contribution is 7.47. The Morgan fingerprint density at radius 3 is 1.42 bits per heavy atom. The van der Waals surface area contributed by atoms with Gasteiger partial charge in [0.15, 0.2) is 0 Å². The molecule has 57 heavy (non-hydrogen) atoms. The summed E-state index contributed by atoms with van der Waals surface area (Å²) in [5, 5.41) is 0. The van der Waals surface area contributed by atoms with Gasteiger partial charge in [-0.2, -0.15) is 0 Å². The van der Waals surface area contributed by atoms with Crippen LogP contribution in [0.3, 0.4) is 0 Å². The van der Waals surface area contributed by atoms with Gasteiger partial charge in [-0.1, -0.05) is 183 Å². The summed E-state index contributed by atoms with van der Waals surface area (Å²) in [6, 6.07) is 0. The van der Waals surface area contributed by atoms with Gasteiger partial charge in [0.1, 0.15) is 19.3 Å². The predicted molar refractivity (Wildman–Crippen MR) is 242 cm³/mol. The van der Waals surface area contributed by atoms with Crippen molar-refractivity contribution in [2.75, 3.05) is 54.1 Å². The van der Waals surface area contributed by atoms with Crippen LogP contribution in [0.25, 0.3) is 0 Å². The highest BCUT2D eigenvalue weighted by Crippen LogP contribution is 2.43. The molecular weight excluding hydrogens is 734 g/mol. The van der Waals surface area contributed by atoms with Crippen LogP contribution >= 0.6 is 7.82 Å². The lowest BCUT2D eigenvalue weighted by molar-refractivity contribution is -0.870. The lowest BCUT2D eigenvalue weighted by Crippen LogP contribution is -2.37. The van der Waals surface area contributed by atoms with Crippen molar-refractivity contribution in [1.82, 2.24) is 0 Å². The number of phosphoric acid groups is 1. The van der Waals surface area contributed by atoms with E-state index in [2.05, 4.69) is 74.6 Å². The lowest BCUT2D eigenvalue weighted by atomic mass is 10.0. The molecule has 2 atom stereocenters. The number of quaternary nitrogens is 1. The number of allylic oxidation sites excluding steroid dienone is 12. The van der Waals surface area contributed by atoms with E-state index in [0.717, 1.165) is 51.4 Å². The van der Waals surface area contributed by atoms with E-state index in [1.54, 1.807) is 0 Å². The number of ether oxygens (including phenoxy) is 2. The summed E-state index contributed by atoms with van der Waals surface area (Å²) < 4.78 is 34.9. The average Bonchev–Trinajstić information content (AvgIpc) is 3.16. The molecule has 1 N–H and O–H groups in total. The molecule has 0 spiro atoms. The Morgan fingerprint density at radius 2 is 0.982 bits per heavy atom. The van der Waals surface area contributed by atoms with Gasteiger partial charge in [-0.05, 0) is 51.4 Å². The Balaban J connectivity index is 4.36. The second-order valence-electron chi connectivity index (χ2n) is 16.1. The smallest absolute Gasteiger partial charge is 0.457 e. The van der Waals surface area contributed by atoms with Gasteiger partial charge in [0, 0.05) is 13.0 Å². The quantitative estimate of drug-likeness (QED) is 0.0216. The molecule has 0 bridgehead atoms. The second-order valence-corrected chi connectivity index (χ2v) is 17.5. The Hall–Kier alpha value is -2.06. The maximum absolute atomic E-state index is 12.7. The van der Waals surface area contributed by atoms with E-state index in [9.17, 15) is 14.3 Å². The van der Waals surface area contributed by atoms with Crippen LogP contribution < -0.4 is 0 Å². The SMILES string of the molecule is CC/C=C\C/C=C\C/C=C\C/C=C\C/C=C\C/C=C\CCC(=O)OC(COCCCCCCCCCCCCCCCCCC)COP(=O)(O)OCC[N+](C)(C)C. The average molecular weight is 821 g/mol. The number of unbranched alkanes of at least 4 members (excludes halogenated alkanes) is 15. The number of nitrogens with zero attached hydrogens (tertiary/aromatic N) is 1. The van der Waals surface area contributed by atoms with E-state index in [0.29, 0.717) is 24.1 Å². The first-order valence-electron chi connectivity index (χ1n) is 22.7. The number of carbonyl (C=O) groups excluding carboxylic acids is 1. The van der Waals surface area contributed by atoms with Crippen LogP contribution in [0, 0.1) is 0 Å². The normalized spacial score (nSPS) is 14.4. The van der Waals surface area contributed by atoms with Crippen LogP contribution in [0.4, 0.5) is 0 Å². The summed E-state index contributed by atoms with van der Waals surface area (Å²) in [7, 11) is 1.62. The highest BCUT2D eigenvalue weighted by atomic mass is 31.2. The molecule has 0 rings (SSSR count). The molecule has 2 unspecified atom stereocenters. The molecule has 0 aromatic heterocycles. The molecule has 0 radical (unpaired) electrons. The zero-order valence-corrected chi connectivity index (χ0v) is 38.2. The number of hydrogen-bond donors (Lipinski definition) is 1. The van der Waals surface area contributed by atoms with Crippen LogP contribution in [-0.2, 0) is 27.9 Å². The molecule has 0 heterocycles. The fourth-order valence-electron chi connectivity index (χ4n) is 5.81. The van der Waals surface area contributed by atoms with Crippen LogP contribution in [0.5, 0.6) is 0 Å². The maximum Gasteiger partial charge on any atom is 0.472 e. The van der Waals surface area contributed by atoms with Crippen molar-refractivity contribution in [3.8, 4) is 0 Å². The monoisotopic (exact) mass is 821 g/mol. The van der Waals surface area contributed by atoms with Gasteiger partial charge < -0.3 is 18.9 Å². The highest BCUT2D eigenvalue weighted by Gasteiger charge is 2.26. The van der Waals surface area contributed by atoms with E-state index < -0.39 is 19.9 Å². The Bertz CT molecular complexity index is 1140. The van der Waals surface area contributed by atoms with Crippen LogP contribution in [0.1, 0.15) is 168 Å². The Labute approximate surface area is 351 Å². The van der Waals surface area contributed by atoms with E-state index >= 15 is 0 Å². The second kappa shape index (κ2) is 40.7. The van der Waals surface area contributed by atoms with Crippen LogP contribution in [0.15, 0.2) is 72.9 Å². The minimum absolute atomic E-state index is 0.0729. The summed E-state index contributed by atoms with van der Waals surface area (Å²) in [6.07, 6.45) is 52.4. The molecule has 0 aliphatic rings. The Morgan fingerprint density at radius 1 is 0.561 bits per heavy atom. The molecular formula is C48H87NO7P+. The molecule has 9 heteroatoms. The number of rotatable bonds is 41. The van der Waals surface area contributed by atoms with Gasteiger partial charge in [0.05, 0.1) is 34.4 Å². The molecule has 0 aliphatic heterocycles. The van der Waals surface area contributed by atoms with Crippen molar-refractivity contribution in [3.63, 3.8) is 0 Å². The number of esters is 1. The van der Waals surface area contributed by atoms with Gasteiger partial charge in [-0.3, -0.25) is 13.8 Å². The largest absolute Gasteiger partial charge is 0.472 e. The predicted octanol–water partition coefficient (Wildman–Crippen LogP) is 13.5. The minimum Gasteiger partial charge on any atom is -0.457 e. The third-order valence-corrected chi connectivity index (χ3v) is 10.3. The number of hydrogen-bond acceptors (Lipinski definition) is 6. The fourth-order valence-corrected chi connectivity index (χ4v) is 6.55. The number of likely N-dealkylation sites (N-methyl/N-ethyl adjacent to an activating group) is 1. The van der Waals surface area contributed by atoms with Gasteiger partial charge in [0.2, 0.25) is 0 Å². The third-order valence-electron chi connectivity index (χ3n) is 9.30. The molecule has 8 nitrogen and oxygen atoms in total. The van der Waals surface area contributed by atoms with Crippen LogP contribution in [-0.4, -0.2) is 75.6 Å². The number of carbonyl (C=O) groups is 1. The van der Waals surface area contributed by atoms with E-state index in [1.807, 2.05) is 33.3 Å². The van der Waals surface area contributed by atoms with Crippen molar-refractivity contribution < 1.29 is 37.3 Å². The summed E-state index contributed by atoms with van der Waals surface area (Å²) in [5.41, 5.74) is 0. The first-order valence-corrected chi connectivity index (χ1v) is 24.2. The summed E-state index contributed by atoms with van der Waals surface area (Å²) >= 11 is 0. The van der Waals surface area contributed by atoms with Gasteiger partial charge in [-0.25, -0.2) is 4.57 Å². The minimum atomic E-state index is -4.30. The number of phosphoric ester groups is 1. The van der Waals surface area contributed by atoms with Crippen molar-refractivity contribution in [2.45, 2.75) is 174 Å². The molecule has 0 aromatic rings. The third kappa shape index (κ3) is 44.9. The molecule has 330 valence electrons. The van der Waals surface area contributed by atoms with E-state index in [1.165, 1.54) is 89.9 Å². The molecule has 0 saturated heterocycles. The van der Waals surface area contributed by atoms with E-state index in [-0.39, 0.29) is 26.2 Å². The van der Waals surface area contributed by atoms with Crippen molar-refractivity contribution in [3.05, 3.63) is 72.9 Å². The zero-order valence-electron chi connectivity index (χ0n) is 37.3. The Kier molecular flexibility index (Phi) is 39.2. The first-order chi connectivity index (χ1) is 27.6. The molecule has 0 saturated carbocycles.